The lowest BCUT2D eigenvalue weighted by Gasteiger charge is -2.29. The first-order valence-corrected chi connectivity index (χ1v) is 10.8. The molecule has 2 aromatic rings. The van der Waals surface area contributed by atoms with Crippen molar-refractivity contribution in [1.29, 1.82) is 0 Å². The molecule has 2 fully saturated rings. The number of aliphatic hydroxyl groups excluding tert-OH is 1. The second kappa shape index (κ2) is 8.76. The standard InChI is InChI=1S/C25H33NO3/c1-25(18-27)17-26(15-19-8-4-3-5-9-19)16-22(25)20-12-13-23(28-2)24(14-20)29-21-10-6-7-11-21/h3-5,8-9,12-14,21-22,27H,6-7,10-11,15-18H2,1-2H3/t22-,25-/m0/s1. The van der Waals surface area contributed by atoms with Gasteiger partial charge in [0.05, 0.1) is 19.8 Å². The maximum absolute atomic E-state index is 10.3. The summed E-state index contributed by atoms with van der Waals surface area (Å²) >= 11 is 0. The number of likely N-dealkylation sites (tertiary alicyclic amines) is 1. The van der Waals surface area contributed by atoms with Gasteiger partial charge in [0, 0.05) is 31.0 Å². The fraction of sp³-hybridized carbons (Fsp3) is 0.520. The lowest BCUT2D eigenvalue weighted by molar-refractivity contribution is 0.132. The van der Waals surface area contributed by atoms with Crippen LogP contribution in [-0.4, -0.2) is 42.9 Å². The number of rotatable bonds is 7. The van der Waals surface area contributed by atoms with E-state index >= 15 is 0 Å². The van der Waals surface area contributed by atoms with Crippen molar-refractivity contribution in [3.8, 4) is 11.5 Å². The number of ether oxygens (including phenoxy) is 2. The minimum absolute atomic E-state index is 0.173. The molecule has 4 nitrogen and oxygen atoms in total. The maximum Gasteiger partial charge on any atom is 0.161 e. The van der Waals surface area contributed by atoms with Crippen molar-refractivity contribution in [2.24, 2.45) is 5.41 Å². The Kier molecular flexibility index (Phi) is 6.12. The first kappa shape index (κ1) is 20.2. The summed E-state index contributed by atoms with van der Waals surface area (Å²) in [5, 5.41) is 10.3. The molecule has 4 heteroatoms. The van der Waals surface area contributed by atoms with E-state index in [0.29, 0.717) is 6.10 Å². The van der Waals surface area contributed by atoms with Gasteiger partial charge in [0.25, 0.3) is 0 Å². The Labute approximate surface area is 174 Å². The Bertz CT molecular complexity index is 803. The Morgan fingerprint density at radius 3 is 2.52 bits per heavy atom. The number of aliphatic hydroxyl groups is 1. The molecule has 1 saturated carbocycles. The predicted molar refractivity (Wildman–Crippen MR) is 116 cm³/mol. The van der Waals surface area contributed by atoms with Crippen LogP contribution in [0, 0.1) is 5.41 Å². The van der Waals surface area contributed by atoms with Gasteiger partial charge in [-0.3, -0.25) is 4.90 Å². The SMILES string of the molecule is COc1ccc([C@@H]2CN(Cc3ccccc3)C[C@@]2(C)CO)cc1OC1CCCC1. The van der Waals surface area contributed by atoms with Crippen molar-refractivity contribution in [2.45, 2.75) is 51.2 Å². The summed E-state index contributed by atoms with van der Waals surface area (Å²) in [6.45, 7) is 5.10. The van der Waals surface area contributed by atoms with Crippen LogP contribution in [0.25, 0.3) is 0 Å². The van der Waals surface area contributed by atoms with E-state index in [2.05, 4.69) is 54.3 Å². The third kappa shape index (κ3) is 4.44. The molecule has 0 spiro atoms. The lowest BCUT2D eigenvalue weighted by Crippen LogP contribution is -2.30. The number of hydrogen-bond donors (Lipinski definition) is 1. The molecule has 156 valence electrons. The first-order chi connectivity index (χ1) is 14.1. The van der Waals surface area contributed by atoms with E-state index in [-0.39, 0.29) is 17.9 Å². The number of hydrogen-bond acceptors (Lipinski definition) is 4. The van der Waals surface area contributed by atoms with E-state index in [9.17, 15) is 5.11 Å². The minimum Gasteiger partial charge on any atom is -0.493 e. The van der Waals surface area contributed by atoms with Gasteiger partial charge in [-0.25, -0.2) is 0 Å². The van der Waals surface area contributed by atoms with Gasteiger partial charge in [0.15, 0.2) is 11.5 Å². The molecule has 1 saturated heterocycles. The zero-order chi connectivity index (χ0) is 20.3. The average Bonchev–Trinajstić information content (AvgIpc) is 3.37. The van der Waals surface area contributed by atoms with Crippen molar-refractivity contribution in [3.63, 3.8) is 0 Å². The summed E-state index contributed by atoms with van der Waals surface area (Å²) in [7, 11) is 1.70. The van der Waals surface area contributed by atoms with Gasteiger partial charge in [-0.1, -0.05) is 43.3 Å². The van der Waals surface area contributed by atoms with Crippen LogP contribution in [0.1, 0.15) is 49.7 Å². The van der Waals surface area contributed by atoms with Crippen molar-refractivity contribution in [3.05, 3.63) is 59.7 Å². The third-order valence-electron chi connectivity index (χ3n) is 6.66. The highest BCUT2D eigenvalue weighted by Gasteiger charge is 2.43. The highest BCUT2D eigenvalue weighted by molar-refractivity contribution is 5.45. The Morgan fingerprint density at radius 2 is 1.83 bits per heavy atom. The third-order valence-corrected chi connectivity index (χ3v) is 6.66. The molecule has 0 unspecified atom stereocenters. The van der Waals surface area contributed by atoms with Gasteiger partial charge < -0.3 is 14.6 Å². The van der Waals surface area contributed by atoms with Crippen LogP contribution in [0.5, 0.6) is 11.5 Å². The Hall–Kier alpha value is -2.04. The van der Waals surface area contributed by atoms with Crippen LogP contribution in [0.3, 0.4) is 0 Å². The molecule has 0 aromatic heterocycles. The number of nitrogens with zero attached hydrogens (tertiary/aromatic N) is 1. The molecule has 1 aliphatic carbocycles. The summed E-state index contributed by atoms with van der Waals surface area (Å²) in [6.07, 6.45) is 5.02. The van der Waals surface area contributed by atoms with Gasteiger partial charge in [0.2, 0.25) is 0 Å². The van der Waals surface area contributed by atoms with E-state index in [1.165, 1.54) is 24.0 Å². The molecule has 2 aromatic carbocycles. The maximum atomic E-state index is 10.3. The van der Waals surface area contributed by atoms with Crippen LogP contribution in [-0.2, 0) is 6.54 Å². The highest BCUT2D eigenvalue weighted by atomic mass is 16.5. The Balaban J connectivity index is 1.56. The summed E-state index contributed by atoms with van der Waals surface area (Å²) in [6, 6.07) is 16.9. The van der Waals surface area contributed by atoms with Crippen LogP contribution < -0.4 is 9.47 Å². The molecule has 0 radical (unpaired) electrons. The second-order valence-electron chi connectivity index (χ2n) is 8.95. The zero-order valence-corrected chi connectivity index (χ0v) is 17.6. The molecule has 2 atom stereocenters. The van der Waals surface area contributed by atoms with E-state index in [0.717, 1.165) is 44.0 Å². The summed E-state index contributed by atoms with van der Waals surface area (Å²) < 4.78 is 11.9. The molecule has 0 amide bonds. The molecule has 4 rings (SSSR count). The van der Waals surface area contributed by atoms with E-state index in [4.69, 9.17) is 9.47 Å². The summed E-state index contributed by atoms with van der Waals surface area (Å²) in [4.78, 5) is 2.46. The first-order valence-electron chi connectivity index (χ1n) is 10.8. The fourth-order valence-corrected chi connectivity index (χ4v) is 4.98. The van der Waals surface area contributed by atoms with E-state index in [1.54, 1.807) is 7.11 Å². The van der Waals surface area contributed by atoms with Gasteiger partial charge in [-0.2, -0.15) is 0 Å². The van der Waals surface area contributed by atoms with Gasteiger partial charge >= 0.3 is 0 Å². The number of benzene rings is 2. The topological polar surface area (TPSA) is 41.9 Å². The van der Waals surface area contributed by atoms with Gasteiger partial charge in [-0.05, 0) is 48.9 Å². The molecule has 2 aliphatic rings. The lowest BCUT2D eigenvalue weighted by atomic mass is 9.76. The van der Waals surface area contributed by atoms with Crippen LogP contribution >= 0.6 is 0 Å². The monoisotopic (exact) mass is 395 g/mol. The molecule has 1 aliphatic heterocycles. The average molecular weight is 396 g/mol. The van der Waals surface area contributed by atoms with Crippen LogP contribution in [0.2, 0.25) is 0 Å². The zero-order valence-electron chi connectivity index (χ0n) is 17.6. The molecule has 0 bridgehead atoms. The smallest absolute Gasteiger partial charge is 0.161 e. The molecular weight excluding hydrogens is 362 g/mol. The molecule has 1 N–H and O–H groups in total. The summed E-state index contributed by atoms with van der Waals surface area (Å²) in [5.74, 6) is 1.90. The minimum atomic E-state index is -0.173. The molecule has 1 heterocycles. The predicted octanol–water partition coefficient (Wildman–Crippen LogP) is 4.61. The van der Waals surface area contributed by atoms with Crippen molar-refractivity contribution in [1.82, 2.24) is 4.90 Å². The second-order valence-corrected chi connectivity index (χ2v) is 8.95. The van der Waals surface area contributed by atoms with Gasteiger partial charge in [-0.15, -0.1) is 0 Å². The molecular formula is C25H33NO3. The largest absolute Gasteiger partial charge is 0.493 e. The highest BCUT2D eigenvalue weighted by Crippen LogP contribution is 2.45. The Morgan fingerprint density at radius 1 is 1.07 bits per heavy atom. The quantitative estimate of drug-likeness (QED) is 0.743. The normalized spacial score (nSPS) is 25.4. The molecule has 29 heavy (non-hydrogen) atoms. The van der Waals surface area contributed by atoms with E-state index in [1.807, 2.05) is 6.07 Å². The van der Waals surface area contributed by atoms with Crippen molar-refractivity contribution < 1.29 is 14.6 Å². The number of methoxy groups -OCH3 is 1. The van der Waals surface area contributed by atoms with Crippen molar-refractivity contribution >= 4 is 0 Å². The fourth-order valence-electron chi connectivity index (χ4n) is 4.98. The van der Waals surface area contributed by atoms with Gasteiger partial charge in [0.1, 0.15) is 0 Å². The van der Waals surface area contributed by atoms with Crippen molar-refractivity contribution in [2.75, 3.05) is 26.8 Å². The summed E-state index contributed by atoms with van der Waals surface area (Å²) in [5.41, 5.74) is 2.37. The van der Waals surface area contributed by atoms with E-state index < -0.39 is 0 Å². The van der Waals surface area contributed by atoms with Crippen LogP contribution in [0.4, 0.5) is 0 Å². The van der Waals surface area contributed by atoms with Crippen LogP contribution in [0.15, 0.2) is 48.5 Å².